The van der Waals surface area contributed by atoms with E-state index in [1.165, 1.54) is 20.0 Å². The van der Waals surface area contributed by atoms with Gasteiger partial charge in [-0.05, 0) is 18.9 Å². The van der Waals surface area contributed by atoms with Crippen LogP contribution in [-0.2, 0) is 4.74 Å². The molecule has 0 aliphatic heterocycles. The molecule has 0 heterocycles. The summed E-state index contributed by atoms with van der Waals surface area (Å²) in [7, 11) is 3.15. The van der Waals surface area contributed by atoms with Crippen molar-refractivity contribution < 1.29 is 13.9 Å². The van der Waals surface area contributed by atoms with Crippen molar-refractivity contribution in [3.8, 4) is 5.75 Å². The number of rotatable bonds is 4. The number of nitrogens with two attached hydrogens (primary N) is 1. The van der Waals surface area contributed by atoms with Gasteiger partial charge in [0.2, 0.25) is 0 Å². The summed E-state index contributed by atoms with van der Waals surface area (Å²) in [4.78, 5) is 0. The Morgan fingerprint density at radius 1 is 1.15 bits per heavy atom. The second-order valence-corrected chi connectivity index (χ2v) is 5.52. The number of hydrogen-bond acceptors (Lipinski definition) is 3. The molecule has 0 bridgehead atoms. The fraction of sp³-hybridized carbons (Fsp3) is 0.625. The van der Waals surface area contributed by atoms with Crippen LogP contribution in [0.2, 0.25) is 0 Å². The Morgan fingerprint density at radius 2 is 1.80 bits per heavy atom. The Morgan fingerprint density at radius 3 is 2.35 bits per heavy atom. The van der Waals surface area contributed by atoms with E-state index in [1.807, 2.05) is 0 Å². The molecule has 1 aliphatic rings. The molecule has 20 heavy (non-hydrogen) atoms. The van der Waals surface area contributed by atoms with Gasteiger partial charge < -0.3 is 15.2 Å². The number of halogens is 1. The van der Waals surface area contributed by atoms with Gasteiger partial charge in [-0.3, -0.25) is 0 Å². The van der Waals surface area contributed by atoms with Crippen molar-refractivity contribution in [2.24, 2.45) is 5.73 Å². The van der Waals surface area contributed by atoms with Crippen LogP contribution in [-0.4, -0.2) is 19.8 Å². The van der Waals surface area contributed by atoms with Crippen molar-refractivity contribution in [2.45, 2.75) is 50.2 Å². The molecule has 1 aliphatic carbocycles. The highest BCUT2D eigenvalue weighted by molar-refractivity contribution is 5.34. The summed E-state index contributed by atoms with van der Waals surface area (Å²) in [5.41, 5.74) is 6.40. The number of hydrogen-bond donors (Lipinski definition) is 1. The lowest BCUT2D eigenvalue weighted by atomic mass is 9.82. The fourth-order valence-corrected chi connectivity index (χ4v) is 3.18. The topological polar surface area (TPSA) is 44.5 Å². The maximum Gasteiger partial charge on any atom is 0.169 e. The first-order valence-electron chi connectivity index (χ1n) is 7.28. The maximum atomic E-state index is 14.4. The molecule has 1 aromatic rings. The van der Waals surface area contributed by atoms with Gasteiger partial charge in [0.25, 0.3) is 0 Å². The largest absolute Gasteiger partial charge is 0.494 e. The molecule has 1 saturated carbocycles. The van der Waals surface area contributed by atoms with Gasteiger partial charge in [0.1, 0.15) is 0 Å². The first kappa shape index (κ1) is 15.3. The Labute approximate surface area is 120 Å². The van der Waals surface area contributed by atoms with Crippen LogP contribution in [0.25, 0.3) is 0 Å². The lowest BCUT2D eigenvalue weighted by Gasteiger charge is -2.37. The van der Waals surface area contributed by atoms with Gasteiger partial charge in [-0.1, -0.05) is 37.8 Å². The third-order valence-electron chi connectivity index (χ3n) is 4.47. The molecule has 2 N–H and O–H groups in total. The molecule has 2 rings (SSSR count). The monoisotopic (exact) mass is 281 g/mol. The zero-order valence-corrected chi connectivity index (χ0v) is 12.3. The number of benzene rings is 1. The summed E-state index contributed by atoms with van der Waals surface area (Å²) in [5.74, 6) is -0.138. The van der Waals surface area contributed by atoms with Crippen LogP contribution in [0.5, 0.6) is 5.75 Å². The Bertz CT molecular complexity index is 442. The van der Waals surface area contributed by atoms with E-state index in [1.54, 1.807) is 25.3 Å². The minimum atomic E-state index is -0.472. The molecule has 0 amide bonds. The predicted molar refractivity (Wildman–Crippen MR) is 77.3 cm³/mol. The highest BCUT2D eigenvalue weighted by atomic mass is 19.1. The fourth-order valence-electron chi connectivity index (χ4n) is 3.18. The van der Waals surface area contributed by atoms with E-state index in [9.17, 15) is 4.39 Å². The number of methoxy groups -OCH3 is 2. The maximum absolute atomic E-state index is 14.4. The van der Waals surface area contributed by atoms with Crippen molar-refractivity contribution in [1.29, 1.82) is 0 Å². The Balaban J connectivity index is 2.34. The molecule has 0 spiro atoms. The summed E-state index contributed by atoms with van der Waals surface area (Å²) < 4.78 is 25.2. The minimum absolute atomic E-state index is 0.234. The molecule has 0 radical (unpaired) electrons. The van der Waals surface area contributed by atoms with Crippen LogP contribution in [0.15, 0.2) is 18.2 Å². The zero-order chi connectivity index (χ0) is 14.6. The Kier molecular flexibility index (Phi) is 5.00. The van der Waals surface area contributed by atoms with Gasteiger partial charge in [-0.2, -0.15) is 0 Å². The van der Waals surface area contributed by atoms with Gasteiger partial charge in [0.05, 0.1) is 18.8 Å². The average Bonchev–Trinajstić information content (AvgIpc) is 2.73. The van der Waals surface area contributed by atoms with Crippen LogP contribution in [0.3, 0.4) is 0 Å². The number of ether oxygens (including phenoxy) is 2. The van der Waals surface area contributed by atoms with E-state index < -0.39 is 11.6 Å². The molecule has 1 atom stereocenters. The molecule has 4 heteroatoms. The van der Waals surface area contributed by atoms with Crippen molar-refractivity contribution in [3.63, 3.8) is 0 Å². The lowest BCUT2D eigenvalue weighted by molar-refractivity contribution is -0.0450. The van der Waals surface area contributed by atoms with E-state index in [2.05, 4.69) is 0 Å². The van der Waals surface area contributed by atoms with Gasteiger partial charge in [0.15, 0.2) is 11.6 Å². The summed E-state index contributed by atoms with van der Waals surface area (Å²) >= 11 is 0. The quantitative estimate of drug-likeness (QED) is 0.858. The third kappa shape index (κ3) is 2.81. The molecule has 0 saturated heterocycles. The van der Waals surface area contributed by atoms with Gasteiger partial charge in [-0.15, -0.1) is 0 Å². The van der Waals surface area contributed by atoms with Gasteiger partial charge in [0, 0.05) is 12.7 Å². The van der Waals surface area contributed by atoms with E-state index in [-0.39, 0.29) is 11.6 Å². The lowest BCUT2D eigenvalue weighted by Crippen LogP contribution is -2.43. The van der Waals surface area contributed by atoms with Crippen LogP contribution >= 0.6 is 0 Å². The van der Waals surface area contributed by atoms with Crippen molar-refractivity contribution in [3.05, 3.63) is 29.6 Å². The molecule has 0 aromatic heterocycles. The summed E-state index contributed by atoms with van der Waals surface area (Å²) in [6.07, 6.45) is 6.29. The van der Waals surface area contributed by atoms with Crippen molar-refractivity contribution in [2.75, 3.05) is 14.2 Å². The minimum Gasteiger partial charge on any atom is -0.494 e. The van der Waals surface area contributed by atoms with Crippen LogP contribution in [0, 0.1) is 5.82 Å². The molecular weight excluding hydrogens is 257 g/mol. The molecule has 112 valence electrons. The zero-order valence-electron chi connectivity index (χ0n) is 12.3. The summed E-state index contributed by atoms with van der Waals surface area (Å²) in [6, 6.07) is 4.64. The van der Waals surface area contributed by atoms with Crippen molar-refractivity contribution >= 4 is 0 Å². The first-order chi connectivity index (χ1) is 9.64. The van der Waals surface area contributed by atoms with Gasteiger partial charge in [-0.25, -0.2) is 4.39 Å². The van der Waals surface area contributed by atoms with Crippen LogP contribution in [0.1, 0.15) is 50.1 Å². The van der Waals surface area contributed by atoms with E-state index in [0.717, 1.165) is 25.7 Å². The second-order valence-electron chi connectivity index (χ2n) is 5.52. The second kappa shape index (κ2) is 6.55. The Hall–Kier alpha value is -1.13. The van der Waals surface area contributed by atoms with Gasteiger partial charge >= 0.3 is 0 Å². The average molecular weight is 281 g/mol. The smallest absolute Gasteiger partial charge is 0.169 e. The first-order valence-corrected chi connectivity index (χ1v) is 7.28. The third-order valence-corrected chi connectivity index (χ3v) is 4.47. The molecule has 1 unspecified atom stereocenters. The van der Waals surface area contributed by atoms with Crippen molar-refractivity contribution in [1.82, 2.24) is 0 Å². The van der Waals surface area contributed by atoms with Crippen LogP contribution < -0.4 is 10.5 Å². The highest BCUT2D eigenvalue weighted by Crippen LogP contribution is 2.40. The standard InChI is InChI=1S/C16H24FNO2/c1-19-13-9-7-8-12(14(13)17)15(18)16(20-2)10-5-3-4-6-11-16/h7-9,15H,3-6,10-11,18H2,1-2H3. The SMILES string of the molecule is COc1cccc(C(N)C2(OC)CCCCCC2)c1F. The summed E-state index contributed by atoms with van der Waals surface area (Å²) in [5, 5.41) is 0. The van der Waals surface area contributed by atoms with Crippen LogP contribution in [0.4, 0.5) is 4.39 Å². The summed E-state index contributed by atoms with van der Waals surface area (Å²) in [6.45, 7) is 0. The molecule has 1 fully saturated rings. The van der Waals surface area contributed by atoms with E-state index in [0.29, 0.717) is 5.56 Å². The highest BCUT2D eigenvalue weighted by Gasteiger charge is 2.39. The molecule has 1 aromatic carbocycles. The normalized spacial score (nSPS) is 20.2. The van der Waals surface area contributed by atoms with E-state index >= 15 is 0 Å². The molecular formula is C16H24FNO2. The van der Waals surface area contributed by atoms with E-state index in [4.69, 9.17) is 15.2 Å². The molecule has 3 nitrogen and oxygen atoms in total. The predicted octanol–water partition coefficient (Wildman–Crippen LogP) is 3.57.